The number of benzene rings is 1. The molecule has 0 aliphatic heterocycles. The van der Waals surface area contributed by atoms with Crippen LogP contribution in [-0.2, 0) is 0 Å². The predicted molar refractivity (Wildman–Crippen MR) is 72.1 cm³/mol. The van der Waals surface area contributed by atoms with E-state index in [0.29, 0.717) is 23.3 Å². The Morgan fingerprint density at radius 3 is 2.68 bits per heavy atom. The van der Waals surface area contributed by atoms with Gasteiger partial charge in [-0.15, -0.1) is 0 Å². The van der Waals surface area contributed by atoms with E-state index in [1.807, 2.05) is 6.92 Å². The Morgan fingerprint density at radius 1 is 1.21 bits per heavy atom. The minimum absolute atomic E-state index is 0.281. The number of anilines is 1. The summed E-state index contributed by atoms with van der Waals surface area (Å²) in [4.78, 5) is 8.45. The number of hydrogen-bond donors (Lipinski definition) is 1. The molecule has 0 aliphatic rings. The van der Waals surface area contributed by atoms with Crippen molar-refractivity contribution in [2.75, 3.05) is 11.9 Å². The second-order valence-corrected chi connectivity index (χ2v) is 4.18. The summed E-state index contributed by atoms with van der Waals surface area (Å²) < 4.78 is 18.7. The molecule has 1 aromatic heterocycles. The molecule has 1 aromatic carbocycles. The van der Waals surface area contributed by atoms with Crippen molar-refractivity contribution in [1.29, 1.82) is 0 Å². The van der Waals surface area contributed by atoms with Gasteiger partial charge in [-0.1, -0.05) is 0 Å². The SMILES string of the molecule is CCNc1cc(Oc2ccc(F)cc2C)nc(C)n1. The Hall–Kier alpha value is -2.17. The van der Waals surface area contributed by atoms with Crippen LogP contribution in [0.1, 0.15) is 18.3 Å². The lowest BCUT2D eigenvalue weighted by Crippen LogP contribution is -2.02. The monoisotopic (exact) mass is 261 g/mol. The molecule has 0 radical (unpaired) electrons. The Kier molecular flexibility index (Phi) is 3.94. The van der Waals surface area contributed by atoms with Crippen molar-refractivity contribution in [3.63, 3.8) is 0 Å². The van der Waals surface area contributed by atoms with Crippen LogP contribution in [0.5, 0.6) is 11.6 Å². The number of aromatic nitrogens is 2. The molecule has 19 heavy (non-hydrogen) atoms. The van der Waals surface area contributed by atoms with E-state index in [0.717, 1.165) is 12.1 Å². The third-order valence-electron chi connectivity index (χ3n) is 2.52. The van der Waals surface area contributed by atoms with E-state index >= 15 is 0 Å². The van der Waals surface area contributed by atoms with Gasteiger partial charge >= 0.3 is 0 Å². The van der Waals surface area contributed by atoms with E-state index in [1.165, 1.54) is 12.1 Å². The van der Waals surface area contributed by atoms with Gasteiger partial charge in [0.05, 0.1) is 0 Å². The van der Waals surface area contributed by atoms with Crippen molar-refractivity contribution in [3.05, 3.63) is 41.5 Å². The van der Waals surface area contributed by atoms with Gasteiger partial charge in [0.15, 0.2) is 0 Å². The molecule has 1 N–H and O–H groups in total. The standard InChI is InChI=1S/C14H16FN3O/c1-4-16-13-8-14(18-10(3)17-13)19-12-6-5-11(15)7-9(12)2/h5-8H,4H2,1-3H3,(H,16,17,18). The van der Waals surface area contributed by atoms with Gasteiger partial charge in [0.25, 0.3) is 0 Å². The molecule has 0 fully saturated rings. The maximum atomic E-state index is 13.0. The van der Waals surface area contributed by atoms with Crippen LogP contribution < -0.4 is 10.1 Å². The van der Waals surface area contributed by atoms with E-state index in [9.17, 15) is 4.39 Å². The van der Waals surface area contributed by atoms with Crippen LogP contribution in [0.3, 0.4) is 0 Å². The fraction of sp³-hybridized carbons (Fsp3) is 0.286. The van der Waals surface area contributed by atoms with E-state index in [2.05, 4.69) is 15.3 Å². The molecule has 100 valence electrons. The summed E-state index contributed by atoms with van der Waals surface area (Å²) in [7, 11) is 0. The van der Waals surface area contributed by atoms with Gasteiger partial charge in [-0.25, -0.2) is 9.37 Å². The number of nitrogens with one attached hydrogen (secondary N) is 1. The lowest BCUT2D eigenvalue weighted by atomic mass is 10.2. The van der Waals surface area contributed by atoms with Crippen LogP contribution >= 0.6 is 0 Å². The lowest BCUT2D eigenvalue weighted by Gasteiger charge is -2.10. The van der Waals surface area contributed by atoms with Gasteiger partial charge < -0.3 is 10.1 Å². The van der Waals surface area contributed by atoms with Crippen molar-refractivity contribution in [1.82, 2.24) is 9.97 Å². The van der Waals surface area contributed by atoms with Crippen LogP contribution in [0.15, 0.2) is 24.3 Å². The minimum Gasteiger partial charge on any atom is -0.439 e. The summed E-state index contributed by atoms with van der Waals surface area (Å²) in [6.45, 7) is 6.34. The summed E-state index contributed by atoms with van der Waals surface area (Å²) in [5.74, 6) is 2.08. The van der Waals surface area contributed by atoms with E-state index in [-0.39, 0.29) is 5.82 Å². The zero-order valence-corrected chi connectivity index (χ0v) is 11.2. The Morgan fingerprint density at radius 2 is 2.00 bits per heavy atom. The quantitative estimate of drug-likeness (QED) is 0.915. The molecule has 0 atom stereocenters. The number of nitrogens with zero attached hydrogens (tertiary/aromatic N) is 2. The van der Waals surface area contributed by atoms with Crippen LogP contribution in [0.4, 0.5) is 10.2 Å². The topological polar surface area (TPSA) is 47.0 Å². The highest BCUT2D eigenvalue weighted by molar-refractivity contribution is 5.41. The van der Waals surface area contributed by atoms with Gasteiger partial charge in [-0.2, -0.15) is 4.98 Å². The highest BCUT2D eigenvalue weighted by Gasteiger charge is 2.06. The summed E-state index contributed by atoms with van der Waals surface area (Å²) in [6, 6.07) is 6.10. The second kappa shape index (κ2) is 5.65. The molecule has 0 bridgehead atoms. The molecular formula is C14H16FN3O. The predicted octanol–water partition coefficient (Wildman–Crippen LogP) is 3.46. The van der Waals surface area contributed by atoms with Gasteiger partial charge in [0, 0.05) is 12.6 Å². The lowest BCUT2D eigenvalue weighted by molar-refractivity contribution is 0.455. The zero-order valence-electron chi connectivity index (χ0n) is 11.2. The highest BCUT2D eigenvalue weighted by atomic mass is 19.1. The first-order chi connectivity index (χ1) is 9.08. The number of halogens is 1. The van der Waals surface area contributed by atoms with Crippen LogP contribution in [-0.4, -0.2) is 16.5 Å². The minimum atomic E-state index is -0.281. The molecule has 0 unspecified atom stereocenters. The third kappa shape index (κ3) is 3.40. The fourth-order valence-corrected chi connectivity index (χ4v) is 1.70. The number of rotatable bonds is 4. The maximum Gasteiger partial charge on any atom is 0.224 e. The van der Waals surface area contributed by atoms with Gasteiger partial charge in [0.2, 0.25) is 5.88 Å². The van der Waals surface area contributed by atoms with E-state index in [4.69, 9.17) is 4.74 Å². The Bertz CT molecular complexity index is 587. The Balaban J connectivity index is 2.27. The van der Waals surface area contributed by atoms with Crippen molar-refractivity contribution in [2.45, 2.75) is 20.8 Å². The van der Waals surface area contributed by atoms with Crippen molar-refractivity contribution < 1.29 is 9.13 Å². The summed E-state index contributed by atoms with van der Waals surface area (Å²) in [6.07, 6.45) is 0. The molecule has 0 amide bonds. The normalized spacial score (nSPS) is 10.3. The van der Waals surface area contributed by atoms with Gasteiger partial charge in [-0.05, 0) is 44.5 Å². The van der Waals surface area contributed by atoms with Crippen LogP contribution in [0.25, 0.3) is 0 Å². The van der Waals surface area contributed by atoms with Crippen molar-refractivity contribution in [3.8, 4) is 11.6 Å². The fourth-order valence-electron chi connectivity index (χ4n) is 1.70. The summed E-state index contributed by atoms with van der Waals surface area (Å²) in [5.41, 5.74) is 0.723. The molecule has 0 saturated heterocycles. The number of hydrogen-bond acceptors (Lipinski definition) is 4. The van der Waals surface area contributed by atoms with Crippen molar-refractivity contribution >= 4 is 5.82 Å². The molecule has 0 aliphatic carbocycles. The van der Waals surface area contributed by atoms with Crippen molar-refractivity contribution in [2.24, 2.45) is 0 Å². The smallest absolute Gasteiger partial charge is 0.224 e. The van der Waals surface area contributed by atoms with Crippen LogP contribution in [0.2, 0.25) is 0 Å². The first-order valence-corrected chi connectivity index (χ1v) is 6.12. The first kappa shape index (κ1) is 13.3. The van der Waals surface area contributed by atoms with E-state index in [1.54, 1.807) is 26.0 Å². The molecule has 0 saturated carbocycles. The average molecular weight is 261 g/mol. The molecule has 5 heteroatoms. The number of ether oxygens (including phenoxy) is 1. The highest BCUT2D eigenvalue weighted by Crippen LogP contribution is 2.25. The maximum absolute atomic E-state index is 13.0. The average Bonchev–Trinajstić information content (AvgIpc) is 2.32. The molecule has 2 aromatic rings. The first-order valence-electron chi connectivity index (χ1n) is 6.12. The summed E-state index contributed by atoms with van der Waals surface area (Å²) in [5, 5.41) is 3.11. The van der Waals surface area contributed by atoms with Gasteiger partial charge in [-0.3, -0.25) is 0 Å². The molecule has 0 spiro atoms. The number of aryl methyl sites for hydroxylation is 2. The zero-order chi connectivity index (χ0) is 13.8. The Labute approximate surface area is 111 Å². The van der Waals surface area contributed by atoms with Gasteiger partial charge in [0.1, 0.15) is 23.2 Å². The molecule has 1 heterocycles. The second-order valence-electron chi connectivity index (χ2n) is 4.18. The molecule has 4 nitrogen and oxygen atoms in total. The molecular weight excluding hydrogens is 245 g/mol. The van der Waals surface area contributed by atoms with Crippen LogP contribution in [0, 0.1) is 19.7 Å². The molecule has 2 rings (SSSR count). The largest absolute Gasteiger partial charge is 0.439 e. The van der Waals surface area contributed by atoms with E-state index < -0.39 is 0 Å². The summed E-state index contributed by atoms with van der Waals surface area (Å²) >= 11 is 0. The third-order valence-corrected chi connectivity index (χ3v) is 2.52.